The van der Waals surface area contributed by atoms with Gasteiger partial charge in [-0.1, -0.05) is 35.5 Å². The highest BCUT2D eigenvalue weighted by Gasteiger charge is 2.28. The fourth-order valence-corrected chi connectivity index (χ4v) is 4.90. The van der Waals surface area contributed by atoms with E-state index in [4.69, 9.17) is 11.6 Å². The van der Waals surface area contributed by atoms with Crippen molar-refractivity contribution < 1.29 is 13.2 Å². The van der Waals surface area contributed by atoms with Crippen LogP contribution in [0.4, 0.5) is 5.69 Å². The van der Waals surface area contributed by atoms with Crippen molar-refractivity contribution >= 4 is 50.0 Å². The molecule has 0 atom stereocenters. The minimum Gasteiger partial charge on any atom is -0.286 e. The first-order chi connectivity index (χ1) is 12.7. The number of hydrogen-bond acceptors (Lipinski definition) is 5. The third-order valence-electron chi connectivity index (χ3n) is 4.31. The summed E-state index contributed by atoms with van der Waals surface area (Å²) >= 11 is 7.65. The van der Waals surface area contributed by atoms with Crippen LogP contribution in [-0.2, 0) is 9.84 Å². The van der Waals surface area contributed by atoms with E-state index < -0.39 is 9.84 Å². The van der Waals surface area contributed by atoms with Crippen molar-refractivity contribution in [1.82, 2.24) is 4.90 Å². The number of nitrogens with zero attached hydrogens (tertiary/aromatic N) is 2. The van der Waals surface area contributed by atoms with Crippen LogP contribution in [0.1, 0.15) is 21.5 Å². The van der Waals surface area contributed by atoms with Gasteiger partial charge in [-0.15, -0.1) is 0 Å². The van der Waals surface area contributed by atoms with Crippen LogP contribution in [-0.4, -0.2) is 42.9 Å². The quantitative estimate of drug-likeness (QED) is 0.742. The molecule has 1 saturated heterocycles. The summed E-state index contributed by atoms with van der Waals surface area (Å²) in [7, 11) is -3.41. The number of sulfone groups is 1. The fraction of sp³-hybridized carbons (Fsp3) is 0.263. The van der Waals surface area contributed by atoms with Crippen molar-refractivity contribution in [3.05, 3.63) is 58.1 Å². The lowest BCUT2D eigenvalue weighted by atomic mass is 10.1. The highest BCUT2D eigenvalue weighted by Crippen LogP contribution is 2.30. The second-order valence-corrected chi connectivity index (χ2v) is 9.79. The lowest BCUT2D eigenvalue weighted by Crippen LogP contribution is -2.31. The summed E-state index contributed by atoms with van der Waals surface area (Å²) in [6.07, 6.45) is 1.14. The Kier molecular flexibility index (Phi) is 5.65. The van der Waals surface area contributed by atoms with E-state index in [1.807, 2.05) is 19.1 Å². The number of hydrogen-bond donors (Lipinski definition) is 0. The largest absolute Gasteiger partial charge is 0.286 e. The third kappa shape index (κ3) is 4.20. The van der Waals surface area contributed by atoms with Crippen LogP contribution in [0.15, 0.2) is 46.3 Å². The van der Waals surface area contributed by atoms with Crippen LogP contribution in [0, 0.1) is 13.8 Å². The van der Waals surface area contributed by atoms with Gasteiger partial charge < -0.3 is 0 Å². The summed E-state index contributed by atoms with van der Waals surface area (Å²) < 4.78 is 23.9. The molecule has 142 valence electrons. The molecule has 0 spiro atoms. The van der Waals surface area contributed by atoms with Gasteiger partial charge in [0.25, 0.3) is 5.91 Å². The van der Waals surface area contributed by atoms with E-state index in [0.717, 1.165) is 17.6 Å². The Hall–Kier alpha value is -1.83. The highest BCUT2D eigenvalue weighted by molar-refractivity contribution is 8.14. The van der Waals surface area contributed by atoms with Gasteiger partial charge in [-0.2, -0.15) is 0 Å². The van der Waals surface area contributed by atoms with E-state index in [0.29, 0.717) is 33.5 Å². The van der Waals surface area contributed by atoms with Crippen LogP contribution < -0.4 is 0 Å². The minimum atomic E-state index is -3.41. The SMILES string of the molecule is Cc1ccc(C(=O)N2CCSC2=Nc2cccc(Cl)c2C)cc1S(C)(=O)=O. The first-order valence-electron chi connectivity index (χ1n) is 8.27. The molecule has 2 aromatic rings. The summed E-state index contributed by atoms with van der Waals surface area (Å²) in [6, 6.07) is 10.2. The average Bonchev–Trinajstić information content (AvgIpc) is 3.06. The second-order valence-electron chi connectivity index (χ2n) is 6.34. The molecule has 0 unspecified atom stereocenters. The smallest absolute Gasteiger partial charge is 0.259 e. The van der Waals surface area contributed by atoms with Crippen LogP contribution >= 0.6 is 23.4 Å². The van der Waals surface area contributed by atoms with Gasteiger partial charge in [0.1, 0.15) is 0 Å². The number of benzene rings is 2. The predicted molar refractivity (Wildman–Crippen MR) is 111 cm³/mol. The summed E-state index contributed by atoms with van der Waals surface area (Å²) in [5.74, 6) is 0.470. The molecular formula is C19H19ClN2O3S2. The molecule has 0 saturated carbocycles. The van der Waals surface area contributed by atoms with E-state index in [1.165, 1.54) is 17.8 Å². The zero-order valence-corrected chi connectivity index (χ0v) is 17.6. The van der Waals surface area contributed by atoms with Gasteiger partial charge in [0.15, 0.2) is 15.0 Å². The Labute approximate surface area is 168 Å². The molecular weight excluding hydrogens is 404 g/mol. The highest BCUT2D eigenvalue weighted by atomic mass is 35.5. The summed E-state index contributed by atoms with van der Waals surface area (Å²) in [5.41, 5.74) is 2.51. The van der Waals surface area contributed by atoms with E-state index in [9.17, 15) is 13.2 Å². The van der Waals surface area contributed by atoms with Crippen LogP contribution in [0.5, 0.6) is 0 Å². The first-order valence-corrected chi connectivity index (χ1v) is 11.5. The Morgan fingerprint density at radius 1 is 1.22 bits per heavy atom. The molecule has 1 fully saturated rings. The van der Waals surface area contributed by atoms with Crippen molar-refractivity contribution in [2.24, 2.45) is 4.99 Å². The number of carbonyl (C=O) groups excluding carboxylic acids is 1. The molecule has 1 heterocycles. The number of amidine groups is 1. The Balaban J connectivity index is 1.97. The number of halogens is 1. The number of carbonyl (C=O) groups is 1. The fourth-order valence-electron chi connectivity index (χ4n) is 2.79. The molecule has 2 aromatic carbocycles. The summed E-state index contributed by atoms with van der Waals surface area (Å²) in [4.78, 5) is 19.4. The number of rotatable bonds is 3. The van der Waals surface area contributed by atoms with E-state index in [1.54, 1.807) is 30.0 Å². The van der Waals surface area contributed by atoms with Gasteiger partial charge in [0.05, 0.1) is 10.6 Å². The van der Waals surface area contributed by atoms with Crippen molar-refractivity contribution in [2.75, 3.05) is 18.6 Å². The molecule has 1 aliphatic rings. The third-order valence-corrected chi connectivity index (χ3v) is 6.92. The number of aryl methyl sites for hydroxylation is 1. The van der Waals surface area contributed by atoms with Gasteiger partial charge >= 0.3 is 0 Å². The maximum atomic E-state index is 13.0. The summed E-state index contributed by atoms with van der Waals surface area (Å²) in [5, 5.41) is 1.21. The second kappa shape index (κ2) is 7.66. The minimum absolute atomic E-state index is 0.171. The normalized spacial score (nSPS) is 16.1. The van der Waals surface area contributed by atoms with Gasteiger partial charge in [-0.05, 0) is 49.2 Å². The van der Waals surface area contributed by atoms with Crippen molar-refractivity contribution in [2.45, 2.75) is 18.7 Å². The van der Waals surface area contributed by atoms with Gasteiger partial charge in [-0.25, -0.2) is 13.4 Å². The van der Waals surface area contributed by atoms with Crippen LogP contribution in [0.25, 0.3) is 0 Å². The monoisotopic (exact) mass is 422 g/mol. The zero-order valence-electron chi connectivity index (χ0n) is 15.2. The maximum absolute atomic E-state index is 13.0. The molecule has 0 radical (unpaired) electrons. The topological polar surface area (TPSA) is 66.8 Å². The van der Waals surface area contributed by atoms with E-state index in [-0.39, 0.29) is 10.8 Å². The number of thioether (sulfide) groups is 1. The molecule has 0 aliphatic carbocycles. The molecule has 1 aliphatic heterocycles. The molecule has 0 N–H and O–H groups in total. The molecule has 27 heavy (non-hydrogen) atoms. The van der Waals surface area contributed by atoms with Crippen molar-refractivity contribution in [3.63, 3.8) is 0 Å². The van der Waals surface area contributed by atoms with E-state index >= 15 is 0 Å². The van der Waals surface area contributed by atoms with Crippen LogP contribution in [0.3, 0.4) is 0 Å². The van der Waals surface area contributed by atoms with Crippen molar-refractivity contribution in [3.8, 4) is 0 Å². The molecule has 1 amide bonds. The zero-order chi connectivity index (χ0) is 19.8. The average molecular weight is 423 g/mol. The maximum Gasteiger partial charge on any atom is 0.259 e. The number of aliphatic imine (C=N–C) groups is 1. The predicted octanol–water partition coefficient (Wildman–Crippen LogP) is 4.24. The molecule has 5 nitrogen and oxygen atoms in total. The molecule has 0 aromatic heterocycles. The molecule has 3 rings (SSSR count). The molecule has 8 heteroatoms. The van der Waals surface area contributed by atoms with Gasteiger partial charge in [0, 0.05) is 29.1 Å². The lowest BCUT2D eigenvalue weighted by Gasteiger charge is -2.17. The van der Waals surface area contributed by atoms with Crippen LogP contribution in [0.2, 0.25) is 5.02 Å². The Morgan fingerprint density at radius 3 is 2.67 bits per heavy atom. The standard InChI is InChI=1S/C19H19ClN2O3S2/c1-12-7-8-14(11-17(12)27(3,24)25)18(23)22-9-10-26-19(22)21-16-6-4-5-15(20)13(16)2/h4-8,11H,9-10H2,1-3H3. The first kappa shape index (κ1) is 19.9. The summed E-state index contributed by atoms with van der Waals surface area (Å²) in [6.45, 7) is 4.11. The Morgan fingerprint density at radius 2 is 1.96 bits per heavy atom. The van der Waals surface area contributed by atoms with E-state index in [2.05, 4.69) is 4.99 Å². The van der Waals surface area contributed by atoms with Gasteiger partial charge in [0.2, 0.25) is 0 Å². The Bertz CT molecular complexity index is 1050. The molecule has 0 bridgehead atoms. The van der Waals surface area contributed by atoms with Crippen molar-refractivity contribution in [1.29, 1.82) is 0 Å². The number of amides is 1. The van der Waals surface area contributed by atoms with Gasteiger partial charge in [-0.3, -0.25) is 9.69 Å². The lowest BCUT2D eigenvalue weighted by molar-refractivity contribution is 0.0859.